The highest BCUT2D eigenvalue weighted by Crippen LogP contribution is 2.14. The van der Waals surface area contributed by atoms with Crippen LogP contribution in [0.4, 0.5) is 0 Å². The van der Waals surface area contributed by atoms with Crippen LogP contribution in [-0.2, 0) is 10.0 Å². The first-order chi connectivity index (χ1) is 8.31. The van der Waals surface area contributed by atoms with Crippen LogP contribution in [0.5, 0.6) is 0 Å². The Morgan fingerprint density at radius 3 is 2.39 bits per heavy atom. The van der Waals surface area contributed by atoms with E-state index < -0.39 is 10.0 Å². The van der Waals surface area contributed by atoms with Gasteiger partial charge in [0, 0.05) is 10.2 Å². The van der Waals surface area contributed by atoms with Crippen molar-refractivity contribution in [1.29, 1.82) is 0 Å². The first-order valence-corrected chi connectivity index (χ1v) is 7.89. The SMILES string of the molecule is CC(CC(C)C)=NNS(=O)(=O)c1ccc(Br)cc1. The molecule has 100 valence electrons. The largest absolute Gasteiger partial charge is 0.276 e. The zero-order chi connectivity index (χ0) is 13.8. The molecule has 0 saturated carbocycles. The van der Waals surface area contributed by atoms with Crippen LogP contribution < -0.4 is 4.83 Å². The van der Waals surface area contributed by atoms with Crippen molar-refractivity contribution in [3.8, 4) is 0 Å². The first kappa shape index (κ1) is 15.2. The summed E-state index contributed by atoms with van der Waals surface area (Å²) < 4.78 is 24.6. The minimum absolute atomic E-state index is 0.201. The highest BCUT2D eigenvalue weighted by atomic mass is 79.9. The first-order valence-electron chi connectivity index (χ1n) is 5.62. The van der Waals surface area contributed by atoms with Gasteiger partial charge in [-0.2, -0.15) is 13.5 Å². The highest BCUT2D eigenvalue weighted by Gasteiger charge is 2.12. The molecular weight excluding hydrogens is 316 g/mol. The average molecular weight is 333 g/mol. The summed E-state index contributed by atoms with van der Waals surface area (Å²) >= 11 is 3.26. The third-order valence-electron chi connectivity index (χ3n) is 2.18. The highest BCUT2D eigenvalue weighted by molar-refractivity contribution is 9.10. The Bertz CT molecular complexity index is 522. The van der Waals surface area contributed by atoms with E-state index >= 15 is 0 Å². The van der Waals surface area contributed by atoms with Crippen molar-refractivity contribution in [3.05, 3.63) is 28.7 Å². The van der Waals surface area contributed by atoms with Crippen LogP contribution in [0, 0.1) is 5.92 Å². The molecule has 0 aromatic heterocycles. The molecule has 18 heavy (non-hydrogen) atoms. The minimum atomic E-state index is -3.57. The summed E-state index contributed by atoms with van der Waals surface area (Å²) in [6, 6.07) is 6.41. The second-order valence-corrected chi connectivity index (χ2v) is 7.07. The molecule has 1 rings (SSSR count). The van der Waals surface area contributed by atoms with Crippen LogP contribution >= 0.6 is 15.9 Å². The quantitative estimate of drug-likeness (QED) is 0.665. The Labute approximate surface area is 117 Å². The molecule has 0 radical (unpaired) electrons. The van der Waals surface area contributed by atoms with Gasteiger partial charge in [0.2, 0.25) is 0 Å². The van der Waals surface area contributed by atoms with Crippen molar-refractivity contribution in [1.82, 2.24) is 4.83 Å². The normalized spacial score (nSPS) is 12.8. The molecule has 1 aromatic carbocycles. The minimum Gasteiger partial charge on any atom is -0.200 e. The molecule has 0 atom stereocenters. The summed E-state index contributed by atoms with van der Waals surface area (Å²) in [6.07, 6.45) is 0.767. The van der Waals surface area contributed by atoms with Gasteiger partial charge in [0.1, 0.15) is 0 Å². The molecule has 0 spiro atoms. The van der Waals surface area contributed by atoms with E-state index in [0.29, 0.717) is 5.92 Å². The Balaban J connectivity index is 2.80. The molecule has 0 bridgehead atoms. The number of nitrogens with zero attached hydrogens (tertiary/aromatic N) is 1. The molecule has 0 amide bonds. The van der Waals surface area contributed by atoms with Crippen molar-refractivity contribution in [2.24, 2.45) is 11.0 Å². The number of halogens is 1. The van der Waals surface area contributed by atoms with Crippen LogP contribution in [-0.4, -0.2) is 14.1 Å². The van der Waals surface area contributed by atoms with Gasteiger partial charge >= 0.3 is 0 Å². The number of sulfonamides is 1. The van der Waals surface area contributed by atoms with Crippen molar-refractivity contribution < 1.29 is 8.42 Å². The lowest BCUT2D eigenvalue weighted by molar-refractivity contribution is 0.583. The van der Waals surface area contributed by atoms with Gasteiger partial charge in [-0.1, -0.05) is 29.8 Å². The topological polar surface area (TPSA) is 58.5 Å². The van der Waals surface area contributed by atoms with Gasteiger partial charge in [-0.25, -0.2) is 4.83 Å². The van der Waals surface area contributed by atoms with Crippen LogP contribution in [0.3, 0.4) is 0 Å². The predicted molar refractivity (Wildman–Crippen MR) is 77.0 cm³/mol. The van der Waals surface area contributed by atoms with Crippen LogP contribution in [0.2, 0.25) is 0 Å². The standard InChI is InChI=1S/C12H17BrN2O2S/c1-9(2)8-10(3)14-15-18(16,17)12-6-4-11(13)5-7-12/h4-7,9,15H,8H2,1-3H3. The number of hydrazone groups is 1. The summed E-state index contributed by atoms with van der Waals surface area (Å²) in [7, 11) is -3.57. The van der Waals surface area contributed by atoms with Crippen LogP contribution in [0.15, 0.2) is 38.7 Å². The maximum atomic E-state index is 11.9. The van der Waals surface area contributed by atoms with E-state index in [9.17, 15) is 8.42 Å². The molecule has 6 heteroatoms. The molecule has 0 heterocycles. The maximum Gasteiger partial charge on any atom is 0.276 e. The molecule has 0 aliphatic rings. The third kappa shape index (κ3) is 4.78. The van der Waals surface area contributed by atoms with Gasteiger partial charge < -0.3 is 0 Å². The molecule has 0 aliphatic heterocycles. The van der Waals surface area contributed by atoms with E-state index in [1.807, 2.05) is 6.92 Å². The van der Waals surface area contributed by atoms with E-state index in [2.05, 4.69) is 39.7 Å². The van der Waals surface area contributed by atoms with E-state index in [0.717, 1.165) is 16.6 Å². The zero-order valence-corrected chi connectivity index (χ0v) is 13.0. The maximum absolute atomic E-state index is 11.9. The number of rotatable bonds is 5. The van der Waals surface area contributed by atoms with Crippen LogP contribution in [0.25, 0.3) is 0 Å². The Hall–Kier alpha value is -0.880. The Morgan fingerprint density at radius 1 is 1.33 bits per heavy atom. The van der Waals surface area contributed by atoms with E-state index in [1.165, 1.54) is 12.1 Å². The Kier molecular flexibility index (Phi) is 5.34. The van der Waals surface area contributed by atoms with Gasteiger partial charge in [0.05, 0.1) is 4.90 Å². The molecular formula is C12H17BrN2O2S. The lowest BCUT2D eigenvalue weighted by atomic mass is 10.1. The lowest BCUT2D eigenvalue weighted by Gasteiger charge is -2.06. The molecule has 4 nitrogen and oxygen atoms in total. The van der Waals surface area contributed by atoms with Crippen molar-refractivity contribution in [3.63, 3.8) is 0 Å². The fourth-order valence-corrected chi connectivity index (χ4v) is 2.58. The zero-order valence-electron chi connectivity index (χ0n) is 10.6. The van der Waals surface area contributed by atoms with E-state index in [4.69, 9.17) is 0 Å². The molecule has 1 aromatic rings. The molecule has 0 saturated heterocycles. The fraction of sp³-hybridized carbons (Fsp3) is 0.417. The van der Waals surface area contributed by atoms with Crippen LogP contribution in [0.1, 0.15) is 27.2 Å². The number of hydrogen-bond acceptors (Lipinski definition) is 3. The molecule has 0 fully saturated rings. The number of nitrogens with one attached hydrogen (secondary N) is 1. The fourth-order valence-electron chi connectivity index (χ4n) is 1.44. The van der Waals surface area contributed by atoms with Gasteiger partial charge in [0.15, 0.2) is 0 Å². The monoisotopic (exact) mass is 332 g/mol. The van der Waals surface area contributed by atoms with Gasteiger partial charge in [-0.15, -0.1) is 0 Å². The molecule has 0 aliphatic carbocycles. The van der Waals surface area contributed by atoms with Crippen molar-refractivity contribution in [2.45, 2.75) is 32.1 Å². The second kappa shape index (κ2) is 6.33. The summed E-state index contributed by atoms with van der Waals surface area (Å²) in [6.45, 7) is 5.93. The third-order valence-corrected chi connectivity index (χ3v) is 3.94. The number of benzene rings is 1. The van der Waals surface area contributed by atoms with Crippen molar-refractivity contribution in [2.75, 3.05) is 0 Å². The second-order valence-electron chi connectivity index (χ2n) is 4.49. The van der Waals surface area contributed by atoms with Gasteiger partial charge in [-0.3, -0.25) is 0 Å². The van der Waals surface area contributed by atoms with Gasteiger partial charge in [0.25, 0.3) is 10.0 Å². The summed E-state index contributed by atoms with van der Waals surface area (Å²) in [4.78, 5) is 2.45. The lowest BCUT2D eigenvalue weighted by Crippen LogP contribution is -2.20. The predicted octanol–water partition coefficient (Wildman–Crippen LogP) is 3.15. The van der Waals surface area contributed by atoms with E-state index in [1.54, 1.807) is 12.1 Å². The Morgan fingerprint density at radius 2 is 1.89 bits per heavy atom. The summed E-state index contributed by atoms with van der Waals surface area (Å²) in [5.41, 5.74) is 0.769. The van der Waals surface area contributed by atoms with E-state index in [-0.39, 0.29) is 4.90 Å². The van der Waals surface area contributed by atoms with Crippen molar-refractivity contribution >= 4 is 31.7 Å². The molecule has 0 unspecified atom stereocenters. The number of hydrogen-bond donors (Lipinski definition) is 1. The van der Waals surface area contributed by atoms with Gasteiger partial charge in [-0.05, 0) is 43.5 Å². The summed E-state index contributed by atoms with van der Waals surface area (Å²) in [5, 5.41) is 3.90. The smallest absolute Gasteiger partial charge is 0.200 e. The molecule has 1 N–H and O–H groups in total. The average Bonchev–Trinajstić information content (AvgIpc) is 2.26. The summed E-state index contributed by atoms with van der Waals surface area (Å²) in [5.74, 6) is 0.450.